The number of halogens is 1. The predicted molar refractivity (Wildman–Crippen MR) is 75.9 cm³/mol. The molecule has 5 heteroatoms. The molecule has 0 fully saturated rings. The minimum atomic E-state index is 0.0506. The molecule has 1 heterocycles. The summed E-state index contributed by atoms with van der Waals surface area (Å²) in [6.07, 6.45) is 1.93. The smallest absolute Gasteiger partial charge is 0.270 e. The molecule has 0 radical (unpaired) electrons. The number of carbonyl (C=O) groups excluding carboxylic acids is 1. The van der Waals surface area contributed by atoms with E-state index in [0.717, 1.165) is 11.0 Å². The lowest BCUT2D eigenvalue weighted by molar-refractivity contribution is 0.0569. The van der Waals surface area contributed by atoms with Crippen LogP contribution in [0.1, 0.15) is 31.3 Å². The second kappa shape index (κ2) is 6.95. The molecule has 102 valence electrons. The monoisotopic (exact) mass is 316 g/mol. The first kappa shape index (κ1) is 15.2. The number of aromatic nitrogens is 1. The fraction of sp³-hybridized carbons (Fsp3) is 0.615. The minimum absolute atomic E-state index is 0.0506. The lowest BCUT2D eigenvalue weighted by Gasteiger charge is -2.27. The summed E-state index contributed by atoms with van der Waals surface area (Å²) in [5.41, 5.74) is 0.717. The molecule has 0 aromatic carbocycles. The van der Waals surface area contributed by atoms with Gasteiger partial charge in [-0.2, -0.15) is 0 Å². The molecule has 0 aliphatic rings. The highest BCUT2D eigenvalue weighted by molar-refractivity contribution is 9.10. The minimum Gasteiger partial charge on any atom is -0.383 e. The van der Waals surface area contributed by atoms with Crippen LogP contribution >= 0.6 is 15.9 Å². The van der Waals surface area contributed by atoms with Gasteiger partial charge in [-0.05, 0) is 42.8 Å². The maximum atomic E-state index is 12.5. The van der Waals surface area contributed by atoms with Gasteiger partial charge in [0, 0.05) is 30.9 Å². The maximum Gasteiger partial charge on any atom is 0.270 e. The summed E-state index contributed by atoms with van der Waals surface area (Å²) in [6.45, 7) is 8.02. The van der Waals surface area contributed by atoms with Crippen LogP contribution in [0, 0.1) is 0 Å². The van der Waals surface area contributed by atoms with Gasteiger partial charge in [0.05, 0.1) is 12.6 Å². The van der Waals surface area contributed by atoms with Gasteiger partial charge in [-0.25, -0.2) is 0 Å². The fourth-order valence-electron chi connectivity index (χ4n) is 2.05. The van der Waals surface area contributed by atoms with Gasteiger partial charge in [-0.1, -0.05) is 0 Å². The average Bonchev–Trinajstić information content (AvgIpc) is 2.71. The molecule has 1 atom stereocenters. The molecule has 4 nitrogen and oxygen atoms in total. The van der Waals surface area contributed by atoms with Crippen LogP contribution in [0.15, 0.2) is 16.7 Å². The van der Waals surface area contributed by atoms with Gasteiger partial charge in [-0.3, -0.25) is 4.79 Å². The van der Waals surface area contributed by atoms with Crippen molar-refractivity contribution in [3.05, 3.63) is 22.4 Å². The van der Waals surface area contributed by atoms with Crippen LogP contribution in [0.2, 0.25) is 0 Å². The average molecular weight is 317 g/mol. The molecule has 0 saturated carbocycles. The number of nitrogens with zero attached hydrogens (tertiary/aromatic N) is 2. The molecule has 18 heavy (non-hydrogen) atoms. The first-order chi connectivity index (χ1) is 8.54. The van der Waals surface area contributed by atoms with Gasteiger partial charge in [0.15, 0.2) is 0 Å². The Morgan fingerprint density at radius 3 is 2.72 bits per heavy atom. The molecule has 0 N–H and O–H groups in total. The molecular formula is C13H21BrN2O2. The molecule has 0 saturated heterocycles. The number of carbonyl (C=O) groups is 1. The van der Waals surface area contributed by atoms with Crippen LogP contribution in [0.3, 0.4) is 0 Å². The van der Waals surface area contributed by atoms with Gasteiger partial charge in [0.1, 0.15) is 5.69 Å². The highest BCUT2D eigenvalue weighted by atomic mass is 79.9. The van der Waals surface area contributed by atoms with Crippen molar-refractivity contribution in [2.24, 2.45) is 0 Å². The van der Waals surface area contributed by atoms with Gasteiger partial charge >= 0.3 is 0 Å². The standard InChI is InChI=1S/C13H21BrN2O2/c1-5-15-8-11(14)7-12(15)13(17)16(6-2)10(3)9-18-4/h7-8,10H,5-6,9H2,1-4H3. The van der Waals surface area contributed by atoms with E-state index in [1.54, 1.807) is 7.11 Å². The summed E-state index contributed by atoms with van der Waals surface area (Å²) >= 11 is 3.41. The van der Waals surface area contributed by atoms with E-state index in [1.165, 1.54) is 0 Å². The molecule has 0 aliphatic carbocycles. The van der Waals surface area contributed by atoms with Crippen molar-refractivity contribution < 1.29 is 9.53 Å². The van der Waals surface area contributed by atoms with Crippen LogP contribution in [0.25, 0.3) is 0 Å². The Morgan fingerprint density at radius 2 is 2.22 bits per heavy atom. The Hall–Kier alpha value is -0.810. The maximum absolute atomic E-state index is 12.5. The summed E-state index contributed by atoms with van der Waals surface area (Å²) in [5.74, 6) is 0.0506. The van der Waals surface area contributed by atoms with E-state index in [4.69, 9.17) is 4.74 Å². The van der Waals surface area contributed by atoms with Crippen molar-refractivity contribution in [1.82, 2.24) is 9.47 Å². The summed E-state index contributed by atoms with van der Waals surface area (Å²) in [5, 5.41) is 0. The van der Waals surface area contributed by atoms with Gasteiger partial charge in [0.25, 0.3) is 5.91 Å². The third-order valence-electron chi connectivity index (χ3n) is 2.96. The van der Waals surface area contributed by atoms with E-state index in [2.05, 4.69) is 15.9 Å². The van der Waals surface area contributed by atoms with Crippen LogP contribution in [0.5, 0.6) is 0 Å². The molecular weight excluding hydrogens is 296 g/mol. The summed E-state index contributed by atoms with van der Waals surface area (Å²) in [6, 6.07) is 1.94. The van der Waals surface area contributed by atoms with E-state index in [1.807, 2.05) is 42.5 Å². The first-order valence-corrected chi connectivity index (χ1v) is 6.99. The number of aryl methyl sites for hydroxylation is 1. The quantitative estimate of drug-likeness (QED) is 0.808. The largest absolute Gasteiger partial charge is 0.383 e. The SMILES string of the molecule is CCN(C(=O)c1cc(Br)cn1CC)C(C)COC. The zero-order valence-electron chi connectivity index (χ0n) is 11.4. The second-order valence-corrected chi connectivity index (χ2v) is 5.14. The number of hydrogen-bond acceptors (Lipinski definition) is 2. The third kappa shape index (κ3) is 3.36. The molecule has 0 bridgehead atoms. The first-order valence-electron chi connectivity index (χ1n) is 6.20. The van der Waals surface area contributed by atoms with Crippen molar-refractivity contribution in [2.45, 2.75) is 33.4 Å². The number of amides is 1. The highest BCUT2D eigenvalue weighted by Crippen LogP contribution is 2.17. The van der Waals surface area contributed by atoms with E-state index in [9.17, 15) is 4.79 Å². The molecule has 1 rings (SSSR count). The zero-order valence-corrected chi connectivity index (χ0v) is 13.0. The van der Waals surface area contributed by atoms with Gasteiger partial charge in [0.2, 0.25) is 0 Å². The number of hydrogen-bond donors (Lipinski definition) is 0. The van der Waals surface area contributed by atoms with Crippen LogP contribution in [-0.2, 0) is 11.3 Å². The Kier molecular flexibility index (Phi) is 5.88. The Morgan fingerprint density at radius 1 is 1.56 bits per heavy atom. The Labute approximate surface area is 117 Å². The third-order valence-corrected chi connectivity index (χ3v) is 3.40. The molecule has 1 aromatic heterocycles. The molecule has 1 unspecified atom stereocenters. The van der Waals surface area contributed by atoms with Crippen molar-refractivity contribution in [2.75, 3.05) is 20.3 Å². The lowest BCUT2D eigenvalue weighted by Crippen LogP contribution is -2.41. The van der Waals surface area contributed by atoms with Crippen molar-refractivity contribution in [3.63, 3.8) is 0 Å². The highest BCUT2D eigenvalue weighted by Gasteiger charge is 2.22. The van der Waals surface area contributed by atoms with Crippen LogP contribution in [0.4, 0.5) is 0 Å². The Balaban J connectivity index is 2.95. The lowest BCUT2D eigenvalue weighted by atomic mass is 10.2. The number of likely N-dealkylation sites (N-methyl/N-ethyl adjacent to an activating group) is 1. The molecule has 1 amide bonds. The van der Waals surface area contributed by atoms with E-state index < -0.39 is 0 Å². The van der Waals surface area contributed by atoms with Crippen molar-refractivity contribution >= 4 is 21.8 Å². The topological polar surface area (TPSA) is 34.5 Å². The second-order valence-electron chi connectivity index (χ2n) is 4.23. The van der Waals surface area contributed by atoms with Crippen LogP contribution in [-0.4, -0.2) is 41.7 Å². The Bertz CT molecular complexity index is 404. The van der Waals surface area contributed by atoms with Crippen molar-refractivity contribution in [1.29, 1.82) is 0 Å². The number of rotatable bonds is 6. The van der Waals surface area contributed by atoms with Gasteiger partial charge in [-0.15, -0.1) is 0 Å². The number of methoxy groups -OCH3 is 1. The van der Waals surface area contributed by atoms with Crippen LogP contribution < -0.4 is 0 Å². The normalized spacial score (nSPS) is 12.5. The predicted octanol–water partition coefficient (Wildman–Crippen LogP) is 2.77. The molecule has 0 aliphatic heterocycles. The van der Waals surface area contributed by atoms with E-state index in [-0.39, 0.29) is 11.9 Å². The molecule has 1 aromatic rings. The molecule has 0 spiro atoms. The van der Waals surface area contributed by atoms with Gasteiger partial charge < -0.3 is 14.2 Å². The van der Waals surface area contributed by atoms with E-state index in [0.29, 0.717) is 18.8 Å². The summed E-state index contributed by atoms with van der Waals surface area (Å²) < 4.78 is 8.01. The number of ether oxygens (including phenoxy) is 1. The van der Waals surface area contributed by atoms with E-state index >= 15 is 0 Å². The fourth-order valence-corrected chi connectivity index (χ4v) is 2.51. The zero-order chi connectivity index (χ0) is 13.7. The summed E-state index contributed by atoms with van der Waals surface area (Å²) in [7, 11) is 1.65. The van der Waals surface area contributed by atoms with Crippen molar-refractivity contribution in [3.8, 4) is 0 Å². The summed E-state index contributed by atoms with van der Waals surface area (Å²) in [4.78, 5) is 14.3.